The minimum atomic E-state index is -4.10. The van der Waals surface area contributed by atoms with Crippen molar-refractivity contribution < 1.29 is 64.4 Å². The maximum atomic E-state index is 13.4. The average Bonchev–Trinajstić information content (AvgIpc) is 3.15. The second-order valence-corrected chi connectivity index (χ2v) is 22.4. The monoisotopic (exact) mass is 930 g/mol. The summed E-state index contributed by atoms with van der Waals surface area (Å²) in [6, 6.07) is 18.6. The highest BCUT2D eigenvalue weighted by Gasteiger charge is 2.42. The molecular formula is C46H56F2N2O12S2. The van der Waals surface area contributed by atoms with E-state index in [0.29, 0.717) is 11.1 Å². The molecule has 0 saturated heterocycles. The lowest BCUT2D eigenvalue weighted by Crippen LogP contribution is -2.52. The third-order valence-corrected chi connectivity index (χ3v) is 13.3. The van der Waals surface area contributed by atoms with E-state index in [1.807, 2.05) is 0 Å². The maximum Gasteiger partial charge on any atom is 0.310 e. The fraction of sp³-hybridized carbons (Fsp3) is 0.435. The Morgan fingerprint density at radius 1 is 0.578 bits per heavy atom. The van der Waals surface area contributed by atoms with Crippen LogP contribution in [-0.2, 0) is 52.0 Å². The normalized spacial score (nSPS) is 16.8. The molecule has 2 atom stereocenters. The van der Waals surface area contributed by atoms with Crippen LogP contribution in [0.4, 0.5) is 20.2 Å². The number of benzene rings is 4. The summed E-state index contributed by atoms with van der Waals surface area (Å²) in [5.41, 5.74) is -2.40. The minimum Gasteiger partial charge on any atom is -0.483 e. The molecule has 0 spiro atoms. The zero-order chi connectivity index (χ0) is 47.8. The van der Waals surface area contributed by atoms with Crippen molar-refractivity contribution in [3.63, 3.8) is 0 Å². The Morgan fingerprint density at radius 3 is 1.17 bits per heavy atom. The van der Waals surface area contributed by atoms with Crippen LogP contribution < -0.4 is 18.1 Å². The fourth-order valence-electron chi connectivity index (χ4n) is 6.56. The van der Waals surface area contributed by atoms with E-state index >= 15 is 0 Å². The Kier molecular flexibility index (Phi) is 14.2. The van der Waals surface area contributed by atoms with Crippen molar-refractivity contribution in [2.24, 2.45) is 0 Å². The zero-order valence-corrected chi connectivity index (χ0v) is 39.1. The van der Waals surface area contributed by atoms with Crippen molar-refractivity contribution in [1.82, 2.24) is 0 Å². The van der Waals surface area contributed by atoms with Gasteiger partial charge in [0.1, 0.15) is 46.5 Å². The number of fused-ring (bicyclic) bond motifs is 2. The topological polar surface area (TPSA) is 186 Å². The maximum absolute atomic E-state index is 13.4. The molecule has 2 N–H and O–H groups in total. The van der Waals surface area contributed by atoms with Gasteiger partial charge in [-0.1, -0.05) is 12.1 Å². The van der Waals surface area contributed by atoms with E-state index in [0.717, 1.165) is 32.9 Å². The number of aliphatic hydroxyl groups is 2. The quantitative estimate of drug-likeness (QED) is 0.158. The van der Waals surface area contributed by atoms with Crippen LogP contribution in [0.15, 0.2) is 94.7 Å². The molecule has 2 heterocycles. The van der Waals surface area contributed by atoms with Crippen LogP contribution in [0.1, 0.15) is 80.4 Å². The van der Waals surface area contributed by atoms with Crippen LogP contribution in [0.3, 0.4) is 0 Å². The highest BCUT2D eigenvalue weighted by atomic mass is 32.2. The zero-order valence-electron chi connectivity index (χ0n) is 37.5. The van der Waals surface area contributed by atoms with Crippen molar-refractivity contribution in [1.29, 1.82) is 0 Å². The molecule has 18 heteroatoms. The molecular weight excluding hydrogens is 875 g/mol. The smallest absolute Gasteiger partial charge is 0.310 e. The molecule has 0 unspecified atom stereocenters. The van der Waals surface area contributed by atoms with Crippen molar-refractivity contribution in [2.45, 2.75) is 126 Å². The number of carbonyl (C=O) groups excluding carboxylic acids is 2. The molecule has 2 aliphatic rings. The first-order valence-electron chi connectivity index (χ1n) is 20.4. The Morgan fingerprint density at radius 2 is 0.891 bits per heavy atom. The number of halogens is 2. The molecule has 2 aliphatic heterocycles. The lowest BCUT2D eigenvalue weighted by atomic mass is 10.00. The number of rotatable bonds is 10. The van der Waals surface area contributed by atoms with E-state index in [9.17, 15) is 45.4 Å². The van der Waals surface area contributed by atoms with E-state index in [1.54, 1.807) is 77.9 Å². The van der Waals surface area contributed by atoms with Gasteiger partial charge in [-0.25, -0.2) is 25.6 Å². The summed E-state index contributed by atoms with van der Waals surface area (Å²) in [5.74, 6) is -1.50. The van der Waals surface area contributed by atoms with E-state index in [-0.39, 0.29) is 58.6 Å². The third kappa shape index (κ3) is 12.5. The van der Waals surface area contributed by atoms with Gasteiger partial charge in [-0.3, -0.25) is 18.2 Å². The van der Waals surface area contributed by atoms with Crippen LogP contribution in [0.5, 0.6) is 11.5 Å². The summed E-state index contributed by atoms with van der Waals surface area (Å²) in [4.78, 5) is 24.3. The molecule has 0 amide bonds. The van der Waals surface area contributed by atoms with E-state index in [4.69, 9.17) is 18.9 Å². The van der Waals surface area contributed by atoms with Gasteiger partial charge in [-0.05, 0) is 153 Å². The summed E-state index contributed by atoms with van der Waals surface area (Å²) in [6.45, 7) is 16.4. The van der Waals surface area contributed by atoms with Gasteiger partial charge in [0.05, 0.1) is 58.3 Å². The summed E-state index contributed by atoms with van der Waals surface area (Å²) in [7, 11) is -8.20. The van der Waals surface area contributed by atoms with Crippen molar-refractivity contribution in [2.75, 3.05) is 21.7 Å². The Balaban J connectivity index is 0.000000241. The summed E-state index contributed by atoms with van der Waals surface area (Å²) < 4.78 is 105. The van der Waals surface area contributed by atoms with Crippen LogP contribution in [0.2, 0.25) is 0 Å². The first-order valence-corrected chi connectivity index (χ1v) is 23.3. The van der Waals surface area contributed by atoms with Crippen LogP contribution in [0.25, 0.3) is 0 Å². The van der Waals surface area contributed by atoms with E-state index in [1.165, 1.54) is 52.0 Å². The minimum absolute atomic E-state index is 0.0517. The van der Waals surface area contributed by atoms with Crippen LogP contribution >= 0.6 is 0 Å². The molecule has 348 valence electrons. The standard InChI is InChI=1S/2C23H28FNO6S/c2*1-22(2,3)31-21(26)13-15-6-11-19-18(12-15)25(14-20(30-19)23(4,5)27)32(28,29)17-9-7-16(24)8-10-17/h2*6-12,20,27H,13-14H2,1-5H3/t2*20-/m10/s1. The molecule has 0 bridgehead atoms. The molecule has 0 aromatic heterocycles. The molecule has 0 radical (unpaired) electrons. The molecule has 6 rings (SSSR count). The summed E-state index contributed by atoms with van der Waals surface area (Å²) >= 11 is 0. The van der Waals surface area contributed by atoms with Gasteiger partial charge >= 0.3 is 11.9 Å². The molecule has 64 heavy (non-hydrogen) atoms. The molecule has 0 aliphatic carbocycles. The Hall–Kier alpha value is -5.30. The number of anilines is 2. The van der Waals surface area contributed by atoms with Crippen LogP contribution in [0, 0.1) is 11.6 Å². The van der Waals surface area contributed by atoms with Gasteiger partial charge in [-0.2, -0.15) is 0 Å². The Bertz CT molecular complexity index is 2380. The SMILES string of the molecule is CC(C)(C)OC(=O)Cc1ccc2c(c1)N(S(=O)(=O)c1ccc(F)cc1)C[C@@H](C(C)(C)O)O2.CC(C)(C)OC(=O)Cc1ccc2c(c1)N(S(=O)(=O)c1ccc(F)cc1)C[C@H](C(C)(C)O)O2. The fourth-order valence-corrected chi connectivity index (χ4v) is 9.50. The molecule has 4 aromatic rings. The third-order valence-electron chi connectivity index (χ3n) is 9.70. The van der Waals surface area contributed by atoms with E-state index < -0.39 is 78.2 Å². The van der Waals surface area contributed by atoms with Crippen molar-refractivity contribution >= 4 is 43.4 Å². The first-order chi connectivity index (χ1) is 29.3. The van der Waals surface area contributed by atoms with Crippen molar-refractivity contribution in [3.8, 4) is 11.5 Å². The average molecular weight is 931 g/mol. The van der Waals surface area contributed by atoms with Gasteiger partial charge in [0.15, 0.2) is 0 Å². The van der Waals surface area contributed by atoms with Gasteiger partial charge in [-0.15, -0.1) is 0 Å². The predicted molar refractivity (Wildman–Crippen MR) is 235 cm³/mol. The predicted octanol–water partition coefficient (Wildman–Crippen LogP) is 6.87. The molecule has 0 saturated carbocycles. The number of carbonyl (C=O) groups is 2. The lowest BCUT2D eigenvalue weighted by Gasteiger charge is -2.40. The number of nitrogens with zero attached hydrogens (tertiary/aromatic N) is 2. The van der Waals surface area contributed by atoms with Gasteiger partial charge < -0.3 is 29.2 Å². The van der Waals surface area contributed by atoms with Crippen molar-refractivity contribution in [3.05, 3.63) is 108 Å². The summed E-state index contributed by atoms with van der Waals surface area (Å²) in [5, 5.41) is 21.0. The number of hydrogen-bond donors (Lipinski definition) is 2. The van der Waals surface area contributed by atoms with Gasteiger partial charge in [0.2, 0.25) is 0 Å². The Labute approximate surface area is 373 Å². The molecule has 14 nitrogen and oxygen atoms in total. The van der Waals surface area contributed by atoms with Crippen LogP contribution in [-0.4, -0.2) is 86.7 Å². The van der Waals surface area contributed by atoms with Gasteiger partial charge in [0.25, 0.3) is 20.0 Å². The second kappa shape index (κ2) is 18.3. The number of ether oxygens (including phenoxy) is 4. The number of hydrogen-bond acceptors (Lipinski definition) is 12. The molecule has 0 fully saturated rings. The lowest BCUT2D eigenvalue weighted by molar-refractivity contribution is -0.155. The second-order valence-electron chi connectivity index (χ2n) is 18.6. The largest absolute Gasteiger partial charge is 0.483 e. The number of esters is 2. The summed E-state index contributed by atoms with van der Waals surface area (Å²) in [6.07, 6.45) is -1.79. The van der Waals surface area contributed by atoms with Gasteiger partial charge in [0, 0.05) is 0 Å². The number of sulfonamides is 2. The molecule has 4 aromatic carbocycles. The first kappa shape index (κ1) is 49.7. The van der Waals surface area contributed by atoms with E-state index in [2.05, 4.69) is 0 Å². The highest BCUT2D eigenvalue weighted by molar-refractivity contribution is 7.93. The highest BCUT2D eigenvalue weighted by Crippen LogP contribution is 2.41.